The van der Waals surface area contributed by atoms with Crippen molar-refractivity contribution in [3.8, 4) is 5.75 Å². The first-order valence-electron chi connectivity index (χ1n) is 13.5. The number of phenolic OH excluding ortho intramolecular Hbond substituents is 1. The molecule has 0 bridgehead atoms. The Hall–Kier alpha value is -4.04. The van der Waals surface area contributed by atoms with E-state index in [0.29, 0.717) is 13.0 Å². The molecule has 0 aliphatic carbocycles. The number of carbonyl (C=O) groups is 1. The Morgan fingerprint density at radius 3 is 2.00 bits per heavy atom. The molecule has 8 nitrogen and oxygen atoms in total. The lowest BCUT2D eigenvalue weighted by Crippen LogP contribution is -2.48. The summed E-state index contributed by atoms with van der Waals surface area (Å²) in [6.45, 7) is 11.7. The molecule has 2 amide bonds. The van der Waals surface area contributed by atoms with Crippen LogP contribution in [0.2, 0.25) is 0 Å². The van der Waals surface area contributed by atoms with E-state index in [-0.39, 0.29) is 23.9 Å². The first-order chi connectivity index (χ1) is 18.9. The molecule has 0 spiro atoms. The normalized spacial score (nSPS) is 14.9. The summed E-state index contributed by atoms with van der Waals surface area (Å²) >= 11 is 0. The Kier molecular flexibility index (Phi) is 9.44. The largest absolute Gasteiger partial charge is 0.508 e. The van der Waals surface area contributed by atoms with Gasteiger partial charge in [0.25, 0.3) is 0 Å². The van der Waals surface area contributed by atoms with Crippen LogP contribution in [-0.4, -0.2) is 68.2 Å². The lowest BCUT2D eigenvalue weighted by atomic mass is 10.1. The number of ether oxygens (including phenoxy) is 1. The van der Waals surface area contributed by atoms with Crippen LogP contribution in [0.15, 0.2) is 84.0 Å². The van der Waals surface area contributed by atoms with E-state index in [1.54, 1.807) is 24.1 Å². The van der Waals surface area contributed by atoms with Crippen molar-refractivity contribution in [2.75, 3.05) is 47.9 Å². The number of amides is 2. The highest BCUT2D eigenvalue weighted by atomic mass is 16.5. The number of aromatic hydroxyl groups is 1. The first kappa shape index (κ1) is 28.0. The molecule has 39 heavy (non-hydrogen) atoms. The van der Waals surface area contributed by atoms with Crippen LogP contribution in [0.5, 0.6) is 5.75 Å². The molecule has 1 saturated heterocycles. The number of benzene rings is 3. The van der Waals surface area contributed by atoms with Gasteiger partial charge in [0, 0.05) is 57.0 Å². The summed E-state index contributed by atoms with van der Waals surface area (Å²) < 4.78 is 6.10. The van der Waals surface area contributed by atoms with E-state index in [1.165, 1.54) is 5.01 Å². The van der Waals surface area contributed by atoms with Gasteiger partial charge in [-0.05, 0) is 67.4 Å². The lowest BCUT2D eigenvalue weighted by molar-refractivity contribution is -0.00180. The van der Waals surface area contributed by atoms with E-state index in [1.807, 2.05) is 68.4 Å². The van der Waals surface area contributed by atoms with Gasteiger partial charge in [-0.25, -0.2) is 9.80 Å². The third kappa shape index (κ3) is 6.89. The maximum absolute atomic E-state index is 13.5. The summed E-state index contributed by atoms with van der Waals surface area (Å²) in [4.78, 5) is 19.7. The van der Waals surface area contributed by atoms with Crippen LogP contribution in [0.25, 0.3) is 0 Å². The summed E-state index contributed by atoms with van der Waals surface area (Å²) in [5.74, 6) is 0.282. The zero-order valence-corrected chi connectivity index (χ0v) is 23.1. The van der Waals surface area contributed by atoms with Crippen molar-refractivity contribution in [3.05, 3.63) is 84.4 Å². The van der Waals surface area contributed by atoms with Gasteiger partial charge >= 0.3 is 6.03 Å². The fourth-order valence-corrected chi connectivity index (χ4v) is 4.96. The van der Waals surface area contributed by atoms with Crippen molar-refractivity contribution in [2.45, 2.75) is 39.0 Å². The molecule has 0 unspecified atom stereocenters. The Labute approximate surface area is 231 Å². The van der Waals surface area contributed by atoms with Crippen LogP contribution >= 0.6 is 0 Å². The monoisotopic (exact) mass is 529 g/mol. The predicted octanol–water partition coefficient (Wildman–Crippen LogP) is 5.58. The average Bonchev–Trinajstić information content (AvgIpc) is 2.99. The van der Waals surface area contributed by atoms with E-state index >= 15 is 0 Å². The molecule has 0 radical (unpaired) electrons. The number of hydrogen-bond donors (Lipinski definition) is 1. The van der Waals surface area contributed by atoms with E-state index in [9.17, 15) is 9.90 Å². The quantitative estimate of drug-likeness (QED) is 0.274. The summed E-state index contributed by atoms with van der Waals surface area (Å²) in [7, 11) is 1.76. The van der Waals surface area contributed by atoms with Crippen molar-refractivity contribution in [1.29, 1.82) is 0 Å². The molecule has 1 N–H and O–H groups in total. The smallest absolute Gasteiger partial charge is 0.344 e. The average molecular weight is 530 g/mol. The molecule has 0 aromatic heterocycles. The number of anilines is 3. The minimum Gasteiger partial charge on any atom is -0.508 e. The fourth-order valence-electron chi connectivity index (χ4n) is 4.96. The molecule has 0 saturated carbocycles. The van der Waals surface area contributed by atoms with Gasteiger partial charge in [0.15, 0.2) is 0 Å². The van der Waals surface area contributed by atoms with Crippen molar-refractivity contribution < 1.29 is 14.6 Å². The molecule has 3 aromatic carbocycles. The molecule has 1 aliphatic heterocycles. The van der Waals surface area contributed by atoms with Gasteiger partial charge < -0.3 is 19.6 Å². The topological polar surface area (TPSA) is 71.9 Å². The summed E-state index contributed by atoms with van der Waals surface area (Å²) in [5.41, 5.74) is 4.11. The number of urea groups is 1. The van der Waals surface area contributed by atoms with E-state index in [0.717, 1.165) is 48.8 Å². The van der Waals surface area contributed by atoms with Crippen molar-refractivity contribution >= 4 is 29.8 Å². The Morgan fingerprint density at radius 2 is 1.49 bits per heavy atom. The molecule has 1 aliphatic rings. The molecule has 8 heteroatoms. The van der Waals surface area contributed by atoms with Crippen LogP contribution in [0.3, 0.4) is 0 Å². The first-order valence-corrected chi connectivity index (χ1v) is 13.5. The van der Waals surface area contributed by atoms with Crippen LogP contribution in [0.4, 0.5) is 21.9 Å². The van der Waals surface area contributed by atoms with Crippen molar-refractivity contribution in [2.24, 2.45) is 5.10 Å². The highest BCUT2D eigenvalue weighted by molar-refractivity contribution is 5.92. The molecule has 2 atom stereocenters. The lowest BCUT2D eigenvalue weighted by Gasteiger charge is -2.37. The highest BCUT2D eigenvalue weighted by Gasteiger charge is 2.30. The molecule has 3 aromatic rings. The number of piperazine rings is 1. The summed E-state index contributed by atoms with van der Waals surface area (Å²) in [6.07, 6.45) is 0.463. The van der Waals surface area contributed by atoms with Crippen LogP contribution in [-0.2, 0) is 11.3 Å². The molecule has 1 heterocycles. The molecular formula is C31H39N5O3. The van der Waals surface area contributed by atoms with E-state index in [2.05, 4.69) is 33.8 Å². The maximum Gasteiger partial charge on any atom is 0.344 e. The van der Waals surface area contributed by atoms with E-state index < -0.39 is 0 Å². The van der Waals surface area contributed by atoms with Gasteiger partial charge in [-0.1, -0.05) is 37.3 Å². The fraction of sp³-hybridized carbons (Fsp3) is 0.355. The number of hydrogen-bond acceptors (Lipinski definition) is 6. The number of phenols is 1. The second-order valence-corrected chi connectivity index (χ2v) is 9.81. The minimum absolute atomic E-state index is 0.222. The van der Waals surface area contributed by atoms with Gasteiger partial charge in [-0.3, -0.25) is 4.90 Å². The highest BCUT2D eigenvalue weighted by Crippen LogP contribution is 2.26. The number of carbonyl (C=O) groups excluding carboxylic acids is 1. The second-order valence-electron chi connectivity index (χ2n) is 9.81. The number of hydrazone groups is 1. The molecule has 206 valence electrons. The predicted molar refractivity (Wildman–Crippen MR) is 159 cm³/mol. The molecule has 4 rings (SSSR count). The molecule has 1 fully saturated rings. The third-order valence-electron chi connectivity index (χ3n) is 7.36. The standard InChI is InChI=1S/C31H39N5O3/c1-5-30(24(2)39-23-25-9-7-6-8-10-25)36(32-3)31(38)33(4)26-11-13-27(14-12-26)34-19-21-35(22-20-34)28-15-17-29(37)18-16-28/h6-18,24,30,37H,3,5,19-23H2,1-2,4H3/t24-,30-/m0/s1. The van der Waals surface area contributed by atoms with Gasteiger partial charge in [0.2, 0.25) is 0 Å². The Bertz CT molecular complexity index is 1200. The second kappa shape index (κ2) is 13.2. The zero-order chi connectivity index (χ0) is 27.8. The van der Waals surface area contributed by atoms with Crippen molar-refractivity contribution in [3.63, 3.8) is 0 Å². The van der Waals surface area contributed by atoms with Crippen LogP contribution < -0.4 is 14.7 Å². The Morgan fingerprint density at radius 1 is 0.949 bits per heavy atom. The number of rotatable bonds is 10. The van der Waals surface area contributed by atoms with E-state index in [4.69, 9.17) is 4.74 Å². The molecular weight excluding hydrogens is 490 g/mol. The van der Waals surface area contributed by atoms with Crippen molar-refractivity contribution in [1.82, 2.24) is 5.01 Å². The Balaban J connectivity index is 1.35. The number of nitrogens with zero attached hydrogens (tertiary/aromatic N) is 5. The van der Waals surface area contributed by atoms with Crippen LogP contribution in [0.1, 0.15) is 25.8 Å². The zero-order valence-electron chi connectivity index (χ0n) is 23.1. The maximum atomic E-state index is 13.5. The van der Waals surface area contributed by atoms with Gasteiger partial charge in [0.1, 0.15) is 5.75 Å². The third-order valence-corrected chi connectivity index (χ3v) is 7.36. The van der Waals surface area contributed by atoms with Crippen LogP contribution in [0, 0.1) is 0 Å². The SMILES string of the molecule is C=NN(C(=O)N(C)c1ccc(N2CCN(c3ccc(O)cc3)CC2)cc1)[C@@H](CC)[C@H](C)OCc1ccccc1. The van der Waals surface area contributed by atoms with Gasteiger partial charge in [-0.2, -0.15) is 5.10 Å². The van der Waals surface area contributed by atoms with Gasteiger partial charge in [-0.15, -0.1) is 0 Å². The van der Waals surface area contributed by atoms with Gasteiger partial charge in [0.05, 0.1) is 18.8 Å². The summed E-state index contributed by atoms with van der Waals surface area (Å²) in [6, 6.07) is 24.9. The summed E-state index contributed by atoms with van der Waals surface area (Å²) in [5, 5.41) is 15.1. The minimum atomic E-state index is -0.248.